The smallest absolute Gasteiger partial charge is 0.355 e. The van der Waals surface area contributed by atoms with E-state index in [-0.39, 0.29) is 30.2 Å². The molecule has 3 N–H and O–H groups in total. The molecule has 2 aliphatic rings. The number of ketones is 1. The number of ether oxygens (including phenoxy) is 1. The zero-order valence-electron chi connectivity index (χ0n) is 20.4. The van der Waals surface area contributed by atoms with Crippen LogP contribution in [0.4, 0.5) is 5.82 Å². The van der Waals surface area contributed by atoms with Crippen LogP contribution in [0.25, 0.3) is 11.0 Å². The molecule has 1 saturated heterocycles. The van der Waals surface area contributed by atoms with Gasteiger partial charge in [0, 0.05) is 24.8 Å². The van der Waals surface area contributed by atoms with Crippen molar-refractivity contribution >= 4 is 41.8 Å². The van der Waals surface area contributed by atoms with Crippen LogP contribution in [0, 0.1) is 5.92 Å². The lowest BCUT2D eigenvalue weighted by Gasteiger charge is -2.18. The number of hydrogen-bond donors (Lipinski definition) is 3. The lowest BCUT2D eigenvalue weighted by atomic mass is 10.1. The van der Waals surface area contributed by atoms with Gasteiger partial charge in [0.25, 0.3) is 0 Å². The predicted molar refractivity (Wildman–Crippen MR) is 131 cm³/mol. The molecule has 1 saturated carbocycles. The maximum Gasteiger partial charge on any atom is 0.355 e. The van der Waals surface area contributed by atoms with Crippen LogP contribution in [0.1, 0.15) is 45.8 Å². The number of fused-ring (bicyclic) bond motifs is 1. The van der Waals surface area contributed by atoms with E-state index in [0.717, 1.165) is 32.3 Å². The number of rotatable bonds is 11. The molecule has 0 radical (unpaired) electrons. The van der Waals surface area contributed by atoms with Gasteiger partial charge in [-0.3, -0.25) is 13.9 Å². The molecular weight excluding hydrogens is 515 g/mol. The van der Waals surface area contributed by atoms with E-state index in [1.54, 1.807) is 30.7 Å². The van der Waals surface area contributed by atoms with Gasteiger partial charge < -0.3 is 24.8 Å². The van der Waals surface area contributed by atoms with Crippen molar-refractivity contribution in [1.29, 1.82) is 0 Å². The van der Waals surface area contributed by atoms with E-state index in [2.05, 4.69) is 15.3 Å². The van der Waals surface area contributed by atoms with E-state index in [1.807, 2.05) is 0 Å². The zero-order chi connectivity index (χ0) is 26.0. The Morgan fingerprint density at radius 1 is 1.31 bits per heavy atom. The molecule has 2 aromatic heterocycles. The first-order valence-corrected chi connectivity index (χ1v) is 14.3. The molecule has 0 aromatic carbocycles. The van der Waals surface area contributed by atoms with Gasteiger partial charge in [0.2, 0.25) is 5.28 Å². The predicted octanol–water partition coefficient (Wildman–Crippen LogP) is 3.07. The van der Waals surface area contributed by atoms with Gasteiger partial charge in [0.1, 0.15) is 43.0 Å². The highest BCUT2D eigenvalue weighted by molar-refractivity contribution is 7.52. The van der Waals surface area contributed by atoms with Crippen LogP contribution in [0.15, 0.2) is 12.3 Å². The van der Waals surface area contributed by atoms with Gasteiger partial charge in [-0.25, -0.2) is 9.87 Å². The van der Waals surface area contributed by atoms with Gasteiger partial charge in [-0.05, 0) is 30.5 Å². The molecule has 1 aliphatic carbocycles. The van der Waals surface area contributed by atoms with Gasteiger partial charge >= 0.3 is 7.60 Å². The number of Topliss-reactive ketones (excluding diaryl/α,β-unsaturated/α-hetero) is 1. The summed E-state index contributed by atoms with van der Waals surface area (Å²) < 4.78 is 29.6. The Kier molecular flexibility index (Phi) is 8.68. The van der Waals surface area contributed by atoms with Gasteiger partial charge in [0.15, 0.2) is 12.0 Å². The number of aromatic nitrogens is 3. The molecule has 14 heteroatoms. The number of carbonyl (C=O) groups is 1. The molecule has 0 amide bonds. The Balaban J connectivity index is 1.41. The molecule has 2 aromatic rings. The minimum absolute atomic E-state index is 0.0407. The van der Waals surface area contributed by atoms with Crippen LogP contribution in [0.3, 0.4) is 0 Å². The number of carbonyl (C=O) groups excluding carboxylic acids is 1. The molecule has 0 bridgehead atoms. The van der Waals surface area contributed by atoms with Crippen LogP contribution >= 0.6 is 19.2 Å². The minimum atomic E-state index is -3.68. The third-order valence-corrected chi connectivity index (χ3v) is 7.50. The standard InChI is InChI=1S/C22H32ClN4O8P/c1-12(2)15(28)10-33-36(3,31)35-32-11-16-17(29)18(30)21(34-16)27-9-8-14-19(24-13-6-4-5-7-13)25-22(23)26-20(14)27/h8-9,12-13,16-18,21,29-30H,4-7,10-11H2,1-3H3,(H,24,25,26)/t16-,17-,18-,21-,36?/m1/s1. The van der Waals surface area contributed by atoms with Crippen LogP contribution < -0.4 is 5.32 Å². The van der Waals surface area contributed by atoms with Gasteiger partial charge in [-0.2, -0.15) is 4.98 Å². The molecule has 2 fully saturated rings. The fourth-order valence-electron chi connectivity index (χ4n) is 4.24. The average molecular weight is 547 g/mol. The summed E-state index contributed by atoms with van der Waals surface area (Å²) in [6.07, 6.45) is 1.44. The van der Waals surface area contributed by atoms with Crippen LogP contribution in [0.2, 0.25) is 5.28 Å². The second-order valence-corrected chi connectivity index (χ2v) is 11.8. The van der Waals surface area contributed by atoms with Crippen LogP contribution in [0.5, 0.6) is 0 Å². The molecule has 0 spiro atoms. The summed E-state index contributed by atoms with van der Waals surface area (Å²) in [6, 6.07) is 2.10. The van der Waals surface area contributed by atoms with Gasteiger partial charge in [-0.1, -0.05) is 26.7 Å². The second-order valence-electron chi connectivity index (χ2n) is 9.50. The summed E-state index contributed by atoms with van der Waals surface area (Å²) in [5.74, 6) is 0.100. The van der Waals surface area contributed by atoms with Crippen LogP contribution in [-0.2, 0) is 28.2 Å². The van der Waals surface area contributed by atoms with Gasteiger partial charge in [0.05, 0.1) is 5.39 Å². The highest BCUT2D eigenvalue weighted by Gasteiger charge is 2.44. The molecule has 36 heavy (non-hydrogen) atoms. The maximum absolute atomic E-state index is 12.3. The van der Waals surface area contributed by atoms with E-state index in [4.69, 9.17) is 30.4 Å². The topological polar surface area (TPSA) is 154 Å². The SMILES string of the molecule is CC(C)C(=O)COP(C)(=O)OOC[C@H]1O[C@@H](n2ccc3c(NC4CCCC4)nc(Cl)nc32)[C@H](O)[C@@H]1O. The lowest BCUT2D eigenvalue weighted by Crippen LogP contribution is -2.33. The number of anilines is 1. The lowest BCUT2D eigenvalue weighted by molar-refractivity contribution is -0.239. The van der Waals surface area contributed by atoms with Crippen molar-refractivity contribution in [2.24, 2.45) is 5.92 Å². The first-order valence-electron chi connectivity index (χ1n) is 11.9. The molecule has 12 nitrogen and oxygen atoms in total. The normalized spacial score (nSPS) is 26.6. The average Bonchev–Trinajstić information content (AvgIpc) is 3.54. The summed E-state index contributed by atoms with van der Waals surface area (Å²) in [5, 5.41) is 25.4. The first kappa shape index (κ1) is 27.4. The monoisotopic (exact) mass is 546 g/mol. The van der Waals surface area contributed by atoms with Crippen molar-refractivity contribution < 1.29 is 38.4 Å². The summed E-state index contributed by atoms with van der Waals surface area (Å²) in [4.78, 5) is 25.3. The summed E-state index contributed by atoms with van der Waals surface area (Å²) in [5.41, 5.74) is 0.436. The number of aliphatic hydroxyl groups excluding tert-OH is 2. The largest absolute Gasteiger partial charge is 0.387 e. The molecule has 4 rings (SSSR count). The minimum Gasteiger partial charge on any atom is -0.387 e. The maximum atomic E-state index is 12.3. The quantitative estimate of drug-likeness (QED) is 0.165. The number of hydrogen-bond acceptors (Lipinski definition) is 11. The number of halogens is 1. The van der Waals surface area contributed by atoms with E-state index >= 15 is 0 Å². The fourth-order valence-corrected chi connectivity index (χ4v) is 5.07. The van der Waals surface area contributed by atoms with Crippen molar-refractivity contribution in [3.8, 4) is 0 Å². The van der Waals surface area contributed by atoms with Crippen molar-refractivity contribution in [2.45, 2.75) is 70.1 Å². The van der Waals surface area contributed by atoms with Crippen LogP contribution in [-0.4, -0.2) is 74.8 Å². The number of nitrogens with one attached hydrogen (secondary N) is 1. The first-order chi connectivity index (χ1) is 17.1. The third-order valence-electron chi connectivity index (χ3n) is 6.36. The molecule has 3 heterocycles. The second kappa shape index (κ2) is 11.4. The molecule has 200 valence electrons. The molecule has 5 atom stereocenters. The van der Waals surface area contributed by atoms with Crippen molar-refractivity contribution in [2.75, 3.05) is 25.2 Å². The third kappa shape index (κ3) is 6.25. The Bertz CT molecular complexity index is 1120. The summed E-state index contributed by atoms with van der Waals surface area (Å²) in [7, 11) is -3.68. The van der Waals surface area contributed by atoms with Gasteiger partial charge in [-0.15, -0.1) is 4.67 Å². The summed E-state index contributed by atoms with van der Waals surface area (Å²) >= 11 is 6.19. The Hall–Kier alpha value is -1.63. The van der Waals surface area contributed by atoms with E-state index < -0.39 is 32.1 Å². The van der Waals surface area contributed by atoms with Crippen molar-refractivity contribution in [1.82, 2.24) is 14.5 Å². The molecular formula is C22H32ClN4O8P. The van der Waals surface area contributed by atoms with E-state index in [9.17, 15) is 19.6 Å². The van der Waals surface area contributed by atoms with Crippen molar-refractivity contribution in [3.63, 3.8) is 0 Å². The molecule has 1 unspecified atom stereocenters. The number of aliphatic hydroxyl groups is 2. The Labute approximate surface area is 213 Å². The zero-order valence-corrected chi connectivity index (χ0v) is 22.0. The van der Waals surface area contributed by atoms with E-state index in [0.29, 0.717) is 22.9 Å². The molecule has 1 aliphatic heterocycles. The van der Waals surface area contributed by atoms with Crippen molar-refractivity contribution in [3.05, 3.63) is 17.5 Å². The number of nitrogens with zero attached hydrogens (tertiary/aromatic N) is 3. The highest BCUT2D eigenvalue weighted by atomic mass is 35.5. The van der Waals surface area contributed by atoms with E-state index in [1.165, 1.54) is 0 Å². The Morgan fingerprint density at radius 2 is 2.03 bits per heavy atom. The fraction of sp³-hybridized carbons (Fsp3) is 0.682. The Morgan fingerprint density at radius 3 is 2.72 bits per heavy atom. The summed E-state index contributed by atoms with van der Waals surface area (Å²) in [6.45, 7) is 3.84. The highest BCUT2D eigenvalue weighted by Crippen LogP contribution is 2.44.